The molecule has 0 aliphatic carbocycles. The highest BCUT2D eigenvalue weighted by Crippen LogP contribution is 2.42. The Kier molecular flexibility index (Phi) is 4.16. The Bertz CT molecular complexity index is 852. The van der Waals surface area contributed by atoms with E-state index >= 15 is 0 Å². The Balaban J connectivity index is 2.18. The van der Waals surface area contributed by atoms with Crippen LogP contribution in [-0.4, -0.2) is 14.8 Å². The van der Waals surface area contributed by atoms with E-state index in [1.165, 1.54) is 28.2 Å². The van der Waals surface area contributed by atoms with Crippen molar-refractivity contribution in [3.63, 3.8) is 0 Å². The molecule has 114 valence electrons. The Morgan fingerprint density at radius 2 is 1.95 bits per heavy atom. The molecule has 0 atom stereocenters. The summed E-state index contributed by atoms with van der Waals surface area (Å²) in [5.74, 6) is 0.245. The summed E-state index contributed by atoms with van der Waals surface area (Å²) in [5.41, 5.74) is 0.957. The van der Waals surface area contributed by atoms with Crippen LogP contribution in [0.5, 0.6) is 0 Å². The van der Waals surface area contributed by atoms with Gasteiger partial charge in [-0.25, -0.2) is 14.1 Å². The van der Waals surface area contributed by atoms with Gasteiger partial charge in [0.2, 0.25) is 0 Å². The van der Waals surface area contributed by atoms with Crippen LogP contribution >= 0.6 is 46.1 Å². The molecule has 3 nitrogen and oxygen atoms in total. The Morgan fingerprint density at radius 3 is 2.55 bits per heavy atom. The van der Waals surface area contributed by atoms with Crippen LogP contribution in [0.4, 0.5) is 4.39 Å². The Morgan fingerprint density at radius 1 is 1.23 bits per heavy atom. The largest absolute Gasteiger partial charge is 0.248 e. The third-order valence-electron chi connectivity index (χ3n) is 3.17. The van der Waals surface area contributed by atoms with Gasteiger partial charge in [-0.1, -0.05) is 40.9 Å². The molecule has 2 aromatic heterocycles. The van der Waals surface area contributed by atoms with E-state index in [1.807, 2.05) is 6.92 Å². The lowest BCUT2D eigenvalue weighted by atomic mass is 10.2. The number of benzene rings is 1. The fourth-order valence-corrected chi connectivity index (χ4v) is 3.93. The van der Waals surface area contributed by atoms with E-state index in [1.54, 1.807) is 13.1 Å². The van der Waals surface area contributed by atoms with Gasteiger partial charge in [0.15, 0.2) is 11.6 Å². The van der Waals surface area contributed by atoms with Crippen molar-refractivity contribution in [3.8, 4) is 22.1 Å². The summed E-state index contributed by atoms with van der Waals surface area (Å²) in [6.45, 7) is 1.83. The van der Waals surface area contributed by atoms with Gasteiger partial charge in [-0.15, -0.1) is 11.3 Å². The summed E-state index contributed by atoms with van der Waals surface area (Å²) in [4.78, 5) is 5.07. The number of halogens is 4. The smallest absolute Gasteiger partial charge is 0.186 e. The minimum absolute atomic E-state index is 0.168. The van der Waals surface area contributed by atoms with Crippen LogP contribution in [0.1, 0.15) is 5.56 Å². The van der Waals surface area contributed by atoms with Crippen molar-refractivity contribution in [2.75, 3.05) is 0 Å². The van der Waals surface area contributed by atoms with Crippen molar-refractivity contribution in [3.05, 3.63) is 44.0 Å². The number of rotatable bonds is 2. The first kappa shape index (κ1) is 15.7. The third kappa shape index (κ3) is 2.52. The fraction of sp³-hybridized carbons (Fsp3) is 0.143. The molecule has 0 radical (unpaired) electrons. The van der Waals surface area contributed by atoms with Gasteiger partial charge in [0.25, 0.3) is 0 Å². The first-order valence-electron chi connectivity index (χ1n) is 6.20. The summed E-state index contributed by atoms with van der Waals surface area (Å²) < 4.78 is 16.1. The van der Waals surface area contributed by atoms with E-state index in [9.17, 15) is 4.39 Å². The van der Waals surface area contributed by atoms with Crippen LogP contribution in [-0.2, 0) is 7.05 Å². The molecule has 0 saturated heterocycles. The molecule has 0 N–H and O–H groups in total. The van der Waals surface area contributed by atoms with Crippen LogP contribution in [0, 0.1) is 12.7 Å². The molecule has 0 spiro atoms. The fourth-order valence-electron chi connectivity index (χ4n) is 2.01. The maximum Gasteiger partial charge on any atom is 0.186 e. The monoisotopic (exact) mass is 375 g/mol. The van der Waals surface area contributed by atoms with Crippen molar-refractivity contribution in [1.29, 1.82) is 0 Å². The van der Waals surface area contributed by atoms with Crippen LogP contribution in [0.3, 0.4) is 0 Å². The average Bonchev–Trinajstić information content (AvgIpc) is 2.94. The highest BCUT2D eigenvalue weighted by atomic mass is 35.5. The summed E-state index contributed by atoms with van der Waals surface area (Å²) in [7, 11) is 1.71. The Hall–Kier alpha value is -1.14. The van der Waals surface area contributed by atoms with Crippen LogP contribution in [0.25, 0.3) is 22.1 Å². The van der Waals surface area contributed by atoms with Gasteiger partial charge in [0.05, 0.1) is 24.8 Å². The van der Waals surface area contributed by atoms with Crippen LogP contribution < -0.4 is 0 Å². The molecule has 0 amide bonds. The molecule has 0 fully saturated rings. The molecular formula is C14H9Cl3FN3S. The first-order valence-corrected chi connectivity index (χ1v) is 8.15. The zero-order valence-corrected chi connectivity index (χ0v) is 14.6. The summed E-state index contributed by atoms with van der Waals surface area (Å²) in [6, 6.07) is 4.44. The second-order valence-corrected chi connectivity index (χ2v) is 7.03. The average molecular weight is 377 g/mol. The lowest BCUT2D eigenvalue weighted by Gasteiger charge is -2.00. The predicted molar refractivity (Wildman–Crippen MR) is 89.5 cm³/mol. The van der Waals surface area contributed by atoms with E-state index in [-0.39, 0.29) is 16.4 Å². The highest BCUT2D eigenvalue weighted by Gasteiger charge is 2.21. The molecule has 22 heavy (non-hydrogen) atoms. The molecule has 8 heteroatoms. The zero-order valence-electron chi connectivity index (χ0n) is 11.5. The van der Waals surface area contributed by atoms with Crippen molar-refractivity contribution in [2.45, 2.75) is 6.92 Å². The van der Waals surface area contributed by atoms with Gasteiger partial charge in [-0.05, 0) is 24.6 Å². The molecule has 3 rings (SSSR count). The van der Waals surface area contributed by atoms with E-state index in [0.29, 0.717) is 20.1 Å². The van der Waals surface area contributed by atoms with Gasteiger partial charge in [0, 0.05) is 7.05 Å². The number of thiophene rings is 1. The second-order valence-electron chi connectivity index (χ2n) is 4.62. The number of hydrogen-bond acceptors (Lipinski definition) is 3. The van der Waals surface area contributed by atoms with Crippen molar-refractivity contribution in [1.82, 2.24) is 14.8 Å². The molecule has 0 unspecified atom stereocenters. The number of aromatic nitrogens is 3. The topological polar surface area (TPSA) is 30.7 Å². The van der Waals surface area contributed by atoms with E-state index in [4.69, 9.17) is 34.8 Å². The van der Waals surface area contributed by atoms with Gasteiger partial charge in [0.1, 0.15) is 5.82 Å². The summed E-state index contributed by atoms with van der Waals surface area (Å²) in [5, 5.41) is 5.02. The van der Waals surface area contributed by atoms with Gasteiger partial charge < -0.3 is 0 Å². The molecule has 0 aliphatic rings. The third-order valence-corrected chi connectivity index (χ3v) is 5.66. The van der Waals surface area contributed by atoms with Gasteiger partial charge in [-0.2, -0.15) is 5.10 Å². The maximum atomic E-state index is 14.0. The minimum atomic E-state index is -0.476. The number of hydrogen-bond donors (Lipinski definition) is 0. The molecular weight excluding hydrogens is 368 g/mol. The van der Waals surface area contributed by atoms with Gasteiger partial charge in [-0.3, -0.25) is 0 Å². The predicted octanol–water partition coefficient (Wildman–Crippen LogP) is 5.62. The van der Waals surface area contributed by atoms with Crippen molar-refractivity contribution >= 4 is 46.1 Å². The summed E-state index contributed by atoms with van der Waals surface area (Å²) >= 11 is 19.8. The first-order chi connectivity index (χ1) is 10.4. The molecule has 3 aromatic rings. The van der Waals surface area contributed by atoms with E-state index in [2.05, 4.69) is 10.1 Å². The standard InChI is InChI=1S/C14H9Cl3FN3S/c1-6-10(16)11(22-12(6)17)14-19-13(20-21(14)2)9-7(15)4-3-5-8(9)18/h3-5H,1-2H3. The lowest BCUT2D eigenvalue weighted by molar-refractivity contribution is 0.629. The number of aryl methyl sites for hydroxylation is 1. The minimum Gasteiger partial charge on any atom is -0.248 e. The molecule has 0 saturated carbocycles. The SMILES string of the molecule is Cc1c(Cl)sc(-c2nc(-c3c(F)cccc3Cl)nn2C)c1Cl. The van der Waals surface area contributed by atoms with Crippen molar-refractivity contribution in [2.24, 2.45) is 7.05 Å². The van der Waals surface area contributed by atoms with Crippen LogP contribution in [0.2, 0.25) is 14.4 Å². The molecule has 0 bridgehead atoms. The molecule has 0 aliphatic heterocycles. The highest BCUT2D eigenvalue weighted by molar-refractivity contribution is 7.20. The zero-order chi connectivity index (χ0) is 16.0. The lowest BCUT2D eigenvalue weighted by Crippen LogP contribution is -1.93. The summed E-state index contributed by atoms with van der Waals surface area (Å²) in [6.07, 6.45) is 0. The molecule has 1 aromatic carbocycles. The number of nitrogens with zero attached hydrogens (tertiary/aromatic N) is 3. The maximum absolute atomic E-state index is 14.0. The van der Waals surface area contributed by atoms with E-state index < -0.39 is 5.82 Å². The van der Waals surface area contributed by atoms with Gasteiger partial charge >= 0.3 is 0 Å². The second kappa shape index (κ2) is 5.81. The normalized spacial score (nSPS) is 11.2. The molecule has 2 heterocycles. The quantitative estimate of drug-likeness (QED) is 0.581. The van der Waals surface area contributed by atoms with E-state index in [0.717, 1.165) is 5.56 Å². The van der Waals surface area contributed by atoms with Crippen LogP contribution in [0.15, 0.2) is 18.2 Å². The van der Waals surface area contributed by atoms with Crippen molar-refractivity contribution < 1.29 is 4.39 Å². The Labute approximate surface area is 145 Å².